The van der Waals surface area contributed by atoms with Crippen molar-refractivity contribution in [1.82, 2.24) is 15.0 Å². The number of ether oxygens (including phenoxy) is 1. The van der Waals surface area contributed by atoms with Crippen LogP contribution in [0.15, 0.2) is 59.4 Å². The van der Waals surface area contributed by atoms with E-state index in [2.05, 4.69) is 10.1 Å². The number of carbonyl (C=O) groups excluding carboxylic acids is 1. The number of nitrogens with two attached hydrogens (primary N) is 1. The number of halogens is 3. The molecule has 1 fully saturated rings. The average molecular weight is 489 g/mol. The quantitative estimate of drug-likeness (QED) is 0.496. The lowest BCUT2D eigenvalue weighted by Crippen LogP contribution is -2.55. The number of carbonyl (C=O) groups is 1. The van der Waals surface area contributed by atoms with Gasteiger partial charge in [-0.25, -0.2) is 0 Å². The monoisotopic (exact) mass is 488 g/mol. The van der Waals surface area contributed by atoms with Gasteiger partial charge >= 0.3 is 6.18 Å². The van der Waals surface area contributed by atoms with Crippen LogP contribution in [-0.4, -0.2) is 45.7 Å². The van der Waals surface area contributed by atoms with Crippen LogP contribution < -0.4 is 10.5 Å². The van der Waals surface area contributed by atoms with Gasteiger partial charge in [0, 0.05) is 18.7 Å². The summed E-state index contributed by atoms with van der Waals surface area (Å²) >= 11 is 0. The first kappa shape index (κ1) is 24.7. The zero-order chi connectivity index (χ0) is 25.2. The number of rotatable bonds is 8. The fourth-order valence-corrected chi connectivity index (χ4v) is 4.56. The molecule has 4 rings (SSSR count). The molecular weight excluding hydrogens is 461 g/mol. The molecule has 2 N–H and O–H groups in total. The fourth-order valence-electron chi connectivity index (χ4n) is 4.56. The third kappa shape index (κ3) is 5.48. The maximum atomic E-state index is 13.0. The number of likely N-dealkylation sites (tertiary alicyclic amines) is 1. The van der Waals surface area contributed by atoms with Crippen LogP contribution in [-0.2, 0) is 11.0 Å². The first-order chi connectivity index (χ1) is 16.6. The average Bonchev–Trinajstić information content (AvgIpc) is 3.51. The van der Waals surface area contributed by atoms with E-state index in [1.54, 1.807) is 0 Å². The lowest BCUT2D eigenvalue weighted by Gasteiger charge is -2.38. The maximum Gasteiger partial charge on any atom is 0.416 e. The van der Waals surface area contributed by atoms with E-state index in [1.807, 2.05) is 43.0 Å². The molecule has 2 aromatic carbocycles. The van der Waals surface area contributed by atoms with Gasteiger partial charge in [-0.05, 0) is 61.6 Å². The van der Waals surface area contributed by atoms with Gasteiger partial charge in [-0.1, -0.05) is 30.3 Å². The summed E-state index contributed by atoms with van der Waals surface area (Å²) in [6, 6.07) is 12.5. The Morgan fingerprint density at radius 3 is 2.63 bits per heavy atom. The van der Waals surface area contributed by atoms with Gasteiger partial charge in [0.25, 0.3) is 5.89 Å². The highest BCUT2D eigenvalue weighted by atomic mass is 19.4. The Morgan fingerprint density at radius 1 is 1.26 bits per heavy atom. The predicted molar refractivity (Wildman–Crippen MR) is 122 cm³/mol. The van der Waals surface area contributed by atoms with Crippen molar-refractivity contribution in [2.45, 2.75) is 50.4 Å². The molecule has 3 atom stereocenters. The molecule has 0 aliphatic carbocycles. The van der Waals surface area contributed by atoms with Crippen LogP contribution in [0.25, 0.3) is 11.5 Å². The molecule has 0 saturated carbocycles. The standard InChI is InChI=1S/C25H27F3N4O3/c1-16(17-6-8-18(9-7-17)22-30-15-31-35-22)13-24(2,23(29)33)32-11-10-21(14-32)34-20-5-3-4-19(12-20)25(26,27)28/h3-9,12,15-16,21H,10-11,13-14H2,1-2H3,(H2,29,33)/t16?,21-,24?/m1/s1. The molecule has 1 aliphatic heterocycles. The van der Waals surface area contributed by atoms with E-state index in [1.165, 1.54) is 18.5 Å². The highest BCUT2D eigenvalue weighted by molar-refractivity contribution is 5.84. The smallest absolute Gasteiger partial charge is 0.416 e. The minimum absolute atomic E-state index is 0.00710. The lowest BCUT2D eigenvalue weighted by molar-refractivity contribution is -0.137. The molecule has 1 amide bonds. The van der Waals surface area contributed by atoms with Gasteiger partial charge in [-0.15, -0.1) is 0 Å². The Bertz CT molecular complexity index is 1150. The van der Waals surface area contributed by atoms with Crippen molar-refractivity contribution in [3.05, 3.63) is 66.0 Å². The number of primary amides is 1. The molecule has 35 heavy (non-hydrogen) atoms. The Hall–Kier alpha value is -3.40. The van der Waals surface area contributed by atoms with E-state index >= 15 is 0 Å². The van der Waals surface area contributed by atoms with Gasteiger partial charge in [-0.3, -0.25) is 9.69 Å². The van der Waals surface area contributed by atoms with E-state index in [0.717, 1.165) is 23.3 Å². The van der Waals surface area contributed by atoms with Crippen LogP contribution in [0.4, 0.5) is 13.2 Å². The van der Waals surface area contributed by atoms with Crippen molar-refractivity contribution >= 4 is 5.91 Å². The molecule has 1 aliphatic rings. The minimum atomic E-state index is -4.44. The van der Waals surface area contributed by atoms with Crippen molar-refractivity contribution in [1.29, 1.82) is 0 Å². The Balaban J connectivity index is 1.43. The molecule has 1 aromatic heterocycles. The van der Waals surface area contributed by atoms with Crippen molar-refractivity contribution < 1.29 is 27.2 Å². The van der Waals surface area contributed by atoms with Crippen LogP contribution in [0.1, 0.15) is 43.7 Å². The molecule has 2 unspecified atom stereocenters. The molecule has 1 saturated heterocycles. The summed E-state index contributed by atoms with van der Waals surface area (Å²) in [6.07, 6.45) is -2.40. The van der Waals surface area contributed by atoms with E-state index in [4.69, 9.17) is 15.0 Å². The number of alkyl halides is 3. The van der Waals surface area contributed by atoms with Gasteiger partial charge in [-0.2, -0.15) is 18.2 Å². The summed E-state index contributed by atoms with van der Waals surface area (Å²) in [7, 11) is 0. The molecule has 0 radical (unpaired) electrons. The van der Waals surface area contributed by atoms with Crippen molar-refractivity contribution in [3.63, 3.8) is 0 Å². The largest absolute Gasteiger partial charge is 0.489 e. The predicted octanol–water partition coefficient (Wildman–Crippen LogP) is 4.65. The molecule has 3 aromatic rings. The van der Waals surface area contributed by atoms with Gasteiger partial charge < -0.3 is 15.0 Å². The molecule has 10 heteroatoms. The van der Waals surface area contributed by atoms with Gasteiger partial charge in [0.1, 0.15) is 11.9 Å². The first-order valence-corrected chi connectivity index (χ1v) is 11.3. The van der Waals surface area contributed by atoms with E-state index in [-0.39, 0.29) is 17.8 Å². The Morgan fingerprint density at radius 2 is 2.00 bits per heavy atom. The van der Waals surface area contributed by atoms with Gasteiger partial charge in [0.2, 0.25) is 5.91 Å². The second-order valence-electron chi connectivity index (χ2n) is 9.11. The summed E-state index contributed by atoms with van der Waals surface area (Å²) in [5.41, 5.74) is 5.97. The molecule has 0 spiro atoms. The normalized spacial score (nSPS) is 19.3. The summed E-state index contributed by atoms with van der Waals surface area (Å²) < 4.78 is 50.0. The van der Waals surface area contributed by atoms with Crippen molar-refractivity contribution in [3.8, 4) is 17.2 Å². The molecule has 2 heterocycles. The number of nitrogens with zero attached hydrogens (tertiary/aromatic N) is 3. The van der Waals surface area contributed by atoms with Crippen LogP contribution >= 0.6 is 0 Å². The molecule has 186 valence electrons. The summed E-state index contributed by atoms with van der Waals surface area (Å²) in [6.45, 7) is 4.77. The van der Waals surface area contributed by atoms with E-state index < -0.39 is 23.2 Å². The topological polar surface area (TPSA) is 94.5 Å². The second kappa shape index (κ2) is 9.69. The van der Waals surface area contributed by atoms with Gasteiger partial charge in [0.15, 0.2) is 6.33 Å². The first-order valence-electron chi connectivity index (χ1n) is 11.3. The second-order valence-corrected chi connectivity index (χ2v) is 9.11. The summed E-state index contributed by atoms with van der Waals surface area (Å²) in [4.78, 5) is 18.6. The number of hydrogen-bond acceptors (Lipinski definition) is 6. The third-order valence-electron chi connectivity index (χ3n) is 6.63. The Kier molecular flexibility index (Phi) is 6.84. The van der Waals surface area contributed by atoms with E-state index in [9.17, 15) is 18.0 Å². The summed E-state index contributed by atoms with van der Waals surface area (Å²) in [5.74, 6) is 0.136. The lowest BCUT2D eigenvalue weighted by atomic mass is 9.84. The third-order valence-corrected chi connectivity index (χ3v) is 6.63. The molecule has 0 bridgehead atoms. The van der Waals surface area contributed by atoms with Crippen LogP contribution in [0.3, 0.4) is 0 Å². The zero-order valence-electron chi connectivity index (χ0n) is 19.5. The number of aromatic nitrogens is 2. The number of amides is 1. The van der Waals surface area contributed by atoms with Crippen LogP contribution in [0.2, 0.25) is 0 Å². The van der Waals surface area contributed by atoms with Gasteiger partial charge in [0.05, 0.1) is 11.1 Å². The maximum absolute atomic E-state index is 13.0. The molecular formula is C25H27F3N4O3. The van der Waals surface area contributed by atoms with E-state index in [0.29, 0.717) is 31.8 Å². The summed E-state index contributed by atoms with van der Waals surface area (Å²) in [5, 5.41) is 3.61. The zero-order valence-corrected chi connectivity index (χ0v) is 19.5. The number of benzene rings is 2. The fraction of sp³-hybridized carbons (Fsp3) is 0.400. The SMILES string of the molecule is CC(CC(C)(C(N)=O)N1CC[C@@H](Oc2cccc(C(F)(F)F)c2)C1)c1ccc(-c2ncno2)cc1. The van der Waals surface area contributed by atoms with Crippen molar-refractivity contribution in [2.75, 3.05) is 13.1 Å². The Labute approximate surface area is 201 Å². The number of hydrogen-bond donors (Lipinski definition) is 1. The minimum Gasteiger partial charge on any atom is -0.489 e. The highest BCUT2D eigenvalue weighted by Gasteiger charge is 2.43. The highest BCUT2D eigenvalue weighted by Crippen LogP contribution is 2.35. The van der Waals surface area contributed by atoms with Crippen LogP contribution in [0.5, 0.6) is 5.75 Å². The van der Waals surface area contributed by atoms with Crippen LogP contribution in [0, 0.1) is 0 Å². The van der Waals surface area contributed by atoms with Crippen molar-refractivity contribution in [2.24, 2.45) is 5.73 Å². The molecule has 7 nitrogen and oxygen atoms in total.